The molecule has 1 aliphatic heterocycles. The number of carbonyl (C=O) groups is 1. The van der Waals surface area contributed by atoms with Gasteiger partial charge in [0.1, 0.15) is 0 Å². The summed E-state index contributed by atoms with van der Waals surface area (Å²) in [5, 5.41) is 6.57. The zero-order chi connectivity index (χ0) is 12.1. The monoisotopic (exact) mass is 290 g/mol. The summed E-state index contributed by atoms with van der Waals surface area (Å²) in [5.41, 5.74) is 0.649. The van der Waals surface area contributed by atoms with E-state index >= 15 is 0 Å². The van der Waals surface area contributed by atoms with Gasteiger partial charge in [-0.05, 0) is 12.1 Å². The predicted molar refractivity (Wildman–Crippen MR) is 74.6 cm³/mol. The molecule has 0 radical (unpaired) electrons. The van der Waals surface area contributed by atoms with Gasteiger partial charge >= 0.3 is 0 Å². The quantitative estimate of drug-likeness (QED) is 0.896. The predicted octanol–water partition coefficient (Wildman–Crippen LogP) is 2.08. The number of rotatable bonds is 3. The van der Waals surface area contributed by atoms with E-state index in [2.05, 4.69) is 10.6 Å². The van der Waals surface area contributed by atoms with E-state index in [9.17, 15) is 4.79 Å². The first-order chi connectivity index (χ1) is 8.25. The third-order valence-electron chi connectivity index (χ3n) is 2.58. The van der Waals surface area contributed by atoms with Crippen LogP contribution in [0.3, 0.4) is 0 Å². The Balaban J connectivity index is 0.00000162. The van der Waals surface area contributed by atoms with Crippen LogP contribution in [0.4, 0.5) is 5.69 Å². The van der Waals surface area contributed by atoms with E-state index in [1.54, 1.807) is 12.1 Å². The lowest BCUT2D eigenvalue weighted by Gasteiger charge is -2.23. The maximum Gasteiger partial charge on any atom is 0.226 e. The standard InChI is InChI=1S/C12H15ClN2O2.ClH/c13-10-3-1-2-4-11(10)15-12(16)7-9-8-17-6-5-14-9;/h1-4,9,14H,5-8H2,(H,15,16);1H. The first-order valence-electron chi connectivity index (χ1n) is 5.61. The highest BCUT2D eigenvalue weighted by atomic mass is 35.5. The summed E-state index contributed by atoms with van der Waals surface area (Å²) in [6, 6.07) is 7.29. The van der Waals surface area contributed by atoms with Gasteiger partial charge in [-0.2, -0.15) is 0 Å². The maximum atomic E-state index is 11.8. The zero-order valence-electron chi connectivity index (χ0n) is 9.82. The van der Waals surface area contributed by atoms with Crippen LogP contribution >= 0.6 is 24.0 Å². The van der Waals surface area contributed by atoms with E-state index in [0.29, 0.717) is 30.3 Å². The van der Waals surface area contributed by atoms with E-state index in [1.807, 2.05) is 12.1 Å². The van der Waals surface area contributed by atoms with E-state index in [4.69, 9.17) is 16.3 Å². The van der Waals surface area contributed by atoms with Crippen LogP contribution in [0, 0.1) is 0 Å². The Morgan fingerprint density at radius 3 is 2.94 bits per heavy atom. The fraction of sp³-hybridized carbons (Fsp3) is 0.417. The maximum absolute atomic E-state index is 11.8. The number of para-hydroxylation sites is 1. The average Bonchev–Trinajstić information content (AvgIpc) is 2.33. The molecule has 1 unspecified atom stereocenters. The molecule has 2 N–H and O–H groups in total. The molecule has 0 spiro atoms. The van der Waals surface area contributed by atoms with Gasteiger partial charge in [0.2, 0.25) is 5.91 Å². The average molecular weight is 291 g/mol. The summed E-state index contributed by atoms with van der Waals surface area (Å²) >= 11 is 5.96. The molecule has 2 rings (SSSR count). The second-order valence-corrected chi connectivity index (χ2v) is 4.37. The summed E-state index contributed by atoms with van der Waals surface area (Å²) in [4.78, 5) is 11.8. The molecule has 1 aromatic carbocycles. The van der Waals surface area contributed by atoms with Crippen molar-refractivity contribution in [2.45, 2.75) is 12.5 Å². The molecular weight excluding hydrogens is 275 g/mol. The number of ether oxygens (including phenoxy) is 1. The Labute approximate surface area is 117 Å². The number of hydrogen-bond acceptors (Lipinski definition) is 3. The summed E-state index contributed by atoms with van der Waals surface area (Å²) in [6.45, 7) is 2.09. The molecule has 1 heterocycles. The Kier molecular flexibility index (Phi) is 6.43. The van der Waals surface area contributed by atoms with E-state index < -0.39 is 0 Å². The molecule has 18 heavy (non-hydrogen) atoms. The minimum Gasteiger partial charge on any atom is -0.378 e. The van der Waals surface area contributed by atoms with Crippen molar-refractivity contribution in [1.82, 2.24) is 5.32 Å². The third kappa shape index (κ3) is 4.46. The molecule has 1 amide bonds. The number of anilines is 1. The van der Waals surface area contributed by atoms with Gasteiger partial charge in [0.15, 0.2) is 0 Å². The van der Waals surface area contributed by atoms with Crippen molar-refractivity contribution in [2.24, 2.45) is 0 Å². The van der Waals surface area contributed by atoms with Crippen molar-refractivity contribution in [3.8, 4) is 0 Å². The number of amides is 1. The topological polar surface area (TPSA) is 50.4 Å². The smallest absolute Gasteiger partial charge is 0.226 e. The highest BCUT2D eigenvalue weighted by molar-refractivity contribution is 6.33. The number of benzene rings is 1. The van der Waals surface area contributed by atoms with Gasteiger partial charge in [0.25, 0.3) is 0 Å². The van der Waals surface area contributed by atoms with Gasteiger partial charge in [0, 0.05) is 19.0 Å². The van der Waals surface area contributed by atoms with E-state index in [-0.39, 0.29) is 24.4 Å². The molecule has 4 nitrogen and oxygen atoms in total. The zero-order valence-corrected chi connectivity index (χ0v) is 11.4. The first kappa shape index (κ1) is 15.2. The first-order valence-corrected chi connectivity index (χ1v) is 5.99. The van der Waals surface area contributed by atoms with Crippen molar-refractivity contribution in [2.75, 3.05) is 25.1 Å². The number of halogens is 2. The van der Waals surface area contributed by atoms with Gasteiger partial charge < -0.3 is 15.4 Å². The Morgan fingerprint density at radius 2 is 2.28 bits per heavy atom. The summed E-state index contributed by atoms with van der Waals surface area (Å²) in [6.07, 6.45) is 0.394. The Morgan fingerprint density at radius 1 is 1.50 bits per heavy atom. The van der Waals surface area contributed by atoms with Gasteiger partial charge in [-0.25, -0.2) is 0 Å². The van der Waals surface area contributed by atoms with Crippen LogP contribution in [0.15, 0.2) is 24.3 Å². The highest BCUT2D eigenvalue weighted by Gasteiger charge is 2.17. The second kappa shape index (κ2) is 7.59. The molecule has 6 heteroatoms. The lowest BCUT2D eigenvalue weighted by molar-refractivity contribution is -0.117. The minimum atomic E-state index is -0.0545. The molecule has 1 fully saturated rings. The minimum absolute atomic E-state index is 0. The van der Waals surface area contributed by atoms with Gasteiger partial charge in [0.05, 0.1) is 23.9 Å². The van der Waals surface area contributed by atoms with Crippen LogP contribution in [0.5, 0.6) is 0 Å². The summed E-state index contributed by atoms with van der Waals surface area (Å²) < 4.78 is 5.29. The molecule has 0 bridgehead atoms. The fourth-order valence-corrected chi connectivity index (χ4v) is 1.92. The SMILES string of the molecule is Cl.O=C(CC1COCCN1)Nc1ccccc1Cl. The number of hydrogen-bond donors (Lipinski definition) is 2. The molecule has 1 aromatic rings. The van der Waals surface area contributed by atoms with Crippen molar-refractivity contribution < 1.29 is 9.53 Å². The van der Waals surface area contributed by atoms with Crippen molar-refractivity contribution in [1.29, 1.82) is 0 Å². The lowest BCUT2D eigenvalue weighted by atomic mass is 10.2. The van der Waals surface area contributed by atoms with E-state index in [0.717, 1.165) is 6.54 Å². The van der Waals surface area contributed by atoms with Gasteiger partial charge in [-0.1, -0.05) is 23.7 Å². The number of carbonyl (C=O) groups excluding carboxylic acids is 1. The molecule has 0 aromatic heterocycles. The normalized spacial score (nSPS) is 18.8. The largest absolute Gasteiger partial charge is 0.378 e. The molecule has 0 saturated carbocycles. The summed E-state index contributed by atoms with van der Waals surface area (Å²) in [5.74, 6) is -0.0545. The van der Waals surface area contributed by atoms with Crippen LogP contribution in [0.2, 0.25) is 5.02 Å². The molecule has 1 saturated heterocycles. The lowest BCUT2D eigenvalue weighted by Crippen LogP contribution is -2.43. The van der Waals surface area contributed by atoms with Gasteiger partial charge in [-0.15, -0.1) is 12.4 Å². The van der Waals surface area contributed by atoms with Crippen molar-refractivity contribution in [3.05, 3.63) is 29.3 Å². The van der Waals surface area contributed by atoms with E-state index in [1.165, 1.54) is 0 Å². The Hall–Kier alpha value is -0.810. The molecular formula is C12H16Cl2N2O2. The molecule has 1 aliphatic rings. The summed E-state index contributed by atoms with van der Waals surface area (Å²) in [7, 11) is 0. The van der Waals surface area contributed by atoms with Crippen LogP contribution in [0.25, 0.3) is 0 Å². The highest BCUT2D eigenvalue weighted by Crippen LogP contribution is 2.20. The van der Waals surface area contributed by atoms with Crippen LogP contribution in [0.1, 0.15) is 6.42 Å². The van der Waals surface area contributed by atoms with Crippen LogP contribution in [-0.2, 0) is 9.53 Å². The molecule has 1 atom stereocenters. The van der Waals surface area contributed by atoms with Crippen LogP contribution < -0.4 is 10.6 Å². The number of morpholine rings is 1. The fourth-order valence-electron chi connectivity index (χ4n) is 1.74. The number of nitrogens with one attached hydrogen (secondary N) is 2. The Bertz CT molecular complexity index is 395. The molecule has 100 valence electrons. The third-order valence-corrected chi connectivity index (χ3v) is 2.91. The van der Waals surface area contributed by atoms with Gasteiger partial charge in [-0.3, -0.25) is 4.79 Å². The van der Waals surface area contributed by atoms with Crippen molar-refractivity contribution >= 4 is 35.6 Å². The van der Waals surface area contributed by atoms with Crippen molar-refractivity contribution in [3.63, 3.8) is 0 Å². The second-order valence-electron chi connectivity index (χ2n) is 3.96. The van der Waals surface area contributed by atoms with Crippen LogP contribution in [-0.4, -0.2) is 31.7 Å². The molecule has 0 aliphatic carbocycles.